The van der Waals surface area contributed by atoms with Crippen molar-refractivity contribution in [3.8, 4) is 0 Å². The molecule has 2 amide bonds. The van der Waals surface area contributed by atoms with Crippen LogP contribution in [0.3, 0.4) is 0 Å². The molecule has 4 rings (SSSR count). The Morgan fingerprint density at radius 2 is 2.33 bits per heavy atom. The van der Waals surface area contributed by atoms with Gasteiger partial charge in [0.15, 0.2) is 0 Å². The molecule has 0 radical (unpaired) electrons. The summed E-state index contributed by atoms with van der Waals surface area (Å²) in [6.45, 7) is 3.18. The van der Waals surface area contributed by atoms with Gasteiger partial charge in [0.2, 0.25) is 5.91 Å². The van der Waals surface area contributed by atoms with Gasteiger partial charge in [-0.2, -0.15) is 5.10 Å². The normalized spacial score (nSPS) is 19.0. The van der Waals surface area contributed by atoms with Crippen LogP contribution in [0.2, 0.25) is 0 Å². The van der Waals surface area contributed by atoms with Crippen molar-refractivity contribution in [2.75, 3.05) is 29.4 Å². The number of fused-ring (bicyclic) bond motifs is 1. The molecule has 1 aromatic heterocycles. The number of carbonyl (C=O) groups excluding carboxylic acids is 2. The van der Waals surface area contributed by atoms with Crippen LogP contribution in [0.5, 0.6) is 0 Å². The third-order valence-electron chi connectivity index (χ3n) is 4.84. The van der Waals surface area contributed by atoms with Crippen LogP contribution >= 0.6 is 0 Å². The van der Waals surface area contributed by atoms with Crippen LogP contribution < -0.4 is 15.1 Å². The van der Waals surface area contributed by atoms with E-state index in [1.807, 2.05) is 4.90 Å². The summed E-state index contributed by atoms with van der Waals surface area (Å²) in [4.78, 5) is 26.4. The van der Waals surface area contributed by atoms with Crippen LogP contribution in [-0.4, -0.2) is 47.9 Å². The molecule has 1 fully saturated rings. The molecule has 1 aromatic carbocycles. The Morgan fingerprint density at radius 3 is 3.11 bits per heavy atom. The lowest BCUT2D eigenvalue weighted by atomic mass is 10.1. The summed E-state index contributed by atoms with van der Waals surface area (Å²) in [5, 5.41) is 9.61. The number of hydrogen-bond donors (Lipinski definition) is 2. The minimum atomic E-state index is -0.543. The van der Waals surface area contributed by atoms with Gasteiger partial charge < -0.3 is 15.0 Å². The van der Waals surface area contributed by atoms with E-state index in [1.54, 1.807) is 18.3 Å². The number of H-pyrrole nitrogens is 1. The van der Waals surface area contributed by atoms with E-state index in [-0.39, 0.29) is 19.0 Å². The summed E-state index contributed by atoms with van der Waals surface area (Å²) in [7, 11) is 0. The van der Waals surface area contributed by atoms with Crippen LogP contribution in [0, 0.1) is 5.82 Å². The molecule has 0 spiro atoms. The highest BCUT2D eigenvalue weighted by Gasteiger charge is 2.33. The highest BCUT2D eigenvalue weighted by Crippen LogP contribution is 2.30. The molecule has 2 aromatic rings. The summed E-state index contributed by atoms with van der Waals surface area (Å²) in [5.74, 6) is -0.584. The van der Waals surface area contributed by atoms with Gasteiger partial charge in [-0.05, 0) is 18.2 Å². The minimum Gasteiger partial charge on any atom is -0.442 e. The summed E-state index contributed by atoms with van der Waals surface area (Å²) in [5.41, 5.74) is 3.09. The zero-order valence-electron chi connectivity index (χ0n) is 14.9. The van der Waals surface area contributed by atoms with E-state index in [2.05, 4.69) is 15.5 Å². The molecule has 3 heterocycles. The zero-order valence-corrected chi connectivity index (χ0v) is 14.9. The largest absolute Gasteiger partial charge is 0.442 e. The number of halogens is 1. The molecule has 8 nitrogen and oxygen atoms in total. The number of ether oxygens (including phenoxy) is 1. The number of nitrogens with one attached hydrogen (secondary N) is 2. The molecule has 0 aliphatic carbocycles. The molecule has 1 atom stereocenters. The average Bonchev–Trinajstić information content (AvgIpc) is 3.25. The van der Waals surface area contributed by atoms with Crippen LogP contribution in [0.1, 0.15) is 18.2 Å². The molecule has 142 valence electrons. The van der Waals surface area contributed by atoms with Gasteiger partial charge in [-0.1, -0.05) is 0 Å². The molecule has 9 heteroatoms. The number of carbonyl (C=O) groups is 2. The van der Waals surface area contributed by atoms with Gasteiger partial charge in [-0.15, -0.1) is 0 Å². The van der Waals surface area contributed by atoms with E-state index in [0.717, 1.165) is 17.7 Å². The Bertz CT molecular complexity index is 884. The average molecular weight is 373 g/mol. The Hall–Kier alpha value is -3.10. The van der Waals surface area contributed by atoms with E-state index in [1.165, 1.54) is 17.9 Å². The molecule has 0 bridgehead atoms. The minimum absolute atomic E-state index is 0.192. The number of rotatable bonds is 4. The molecular weight excluding hydrogens is 353 g/mol. The van der Waals surface area contributed by atoms with Gasteiger partial charge in [0.05, 0.1) is 30.7 Å². The van der Waals surface area contributed by atoms with Crippen LogP contribution in [-0.2, 0) is 22.5 Å². The Kier molecular flexibility index (Phi) is 4.43. The summed E-state index contributed by atoms with van der Waals surface area (Å²) >= 11 is 0. The number of nitrogens with zero attached hydrogens (tertiary/aromatic N) is 3. The lowest BCUT2D eigenvalue weighted by molar-refractivity contribution is -0.119. The number of amides is 2. The van der Waals surface area contributed by atoms with Crippen molar-refractivity contribution in [2.24, 2.45) is 0 Å². The first-order valence-corrected chi connectivity index (χ1v) is 8.79. The van der Waals surface area contributed by atoms with Crippen molar-refractivity contribution in [2.45, 2.75) is 26.0 Å². The number of benzene rings is 1. The first-order valence-electron chi connectivity index (χ1n) is 8.79. The second-order valence-corrected chi connectivity index (χ2v) is 6.73. The second-order valence-electron chi connectivity index (χ2n) is 6.73. The quantitative estimate of drug-likeness (QED) is 0.849. The fourth-order valence-electron chi connectivity index (χ4n) is 3.44. The molecule has 2 aliphatic rings. The van der Waals surface area contributed by atoms with Crippen LogP contribution in [0.4, 0.5) is 20.6 Å². The number of anilines is 2. The van der Waals surface area contributed by atoms with Gasteiger partial charge in [0.25, 0.3) is 0 Å². The SMILES string of the molecule is CC(=O)NCC1CN(c2ccc(N3CCc4[nH]ncc4C3)c(F)c2)C(=O)O1. The molecule has 1 saturated heterocycles. The Labute approximate surface area is 155 Å². The molecule has 27 heavy (non-hydrogen) atoms. The first-order chi connectivity index (χ1) is 13.0. The number of aromatic nitrogens is 2. The summed E-state index contributed by atoms with van der Waals surface area (Å²) < 4.78 is 20.0. The van der Waals surface area contributed by atoms with Gasteiger partial charge >= 0.3 is 6.09 Å². The Balaban J connectivity index is 1.47. The van der Waals surface area contributed by atoms with Crippen LogP contribution in [0.15, 0.2) is 24.4 Å². The topological polar surface area (TPSA) is 90.6 Å². The number of hydrogen-bond acceptors (Lipinski definition) is 5. The molecular formula is C18H20FN5O3. The maximum Gasteiger partial charge on any atom is 0.414 e. The monoisotopic (exact) mass is 373 g/mol. The van der Waals surface area contributed by atoms with Crippen molar-refractivity contribution < 1.29 is 18.7 Å². The smallest absolute Gasteiger partial charge is 0.414 e. The van der Waals surface area contributed by atoms with Crippen molar-refractivity contribution in [3.63, 3.8) is 0 Å². The molecule has 2 aliphatic heterocycles. The van der Waals surface area contributed by atoms with Gasteiger partial charge in [0.1, 0.15) is 11.9 Å². The van der Waals surface area contributed by atoms with Crippen molar-refractivity contribution in [1.82, 2.24) is 15.5 Å². The van der Waals surface area contributed by atoms with E-state index in [4.69, 9.17) is 4.74 Å². The lowest BCUT2D eigenvalue weighted by Gasteiger charge is -2.29. The maximum atomic E-state index is 14.8. The van der Waals surface area contributed by atoms with E-state index in [9.17, 15) is 14.0 Å². The highest BCUT2D eigenvalue weighted by atomic mass is 19.1. The van der Waals surface area contributed by atoms with Crippen molar-refractivity contribution in [1.29, 1.82) is 0 Å². The number of cyclic esters (lactones) is 1. The van der Waals surface area contributed by atoms with E-state index >= 15 is 0 Å². The zero-order chi connectivity index (χ0) is 19.0. The predicted molar refractivity (Wildman–Crippen MR) is 96.0 cm³/mol. The molecule has 0 saturated carbocycles. The molecule has 2 N–H and O–H groups in total. The van der Waals surface area contributed by atoms with Gasteiger partial charge in [-0.3, -0.25) is 14.8 Å². The fourth-order valence-corrected chi connectivity index (χ4v) is 3.44. The fraction of sp³-hybridized carbons (Fsp3) is 0.389. The highest BCUT2D eigenvalue weighted by molar-refractivity contribution is 5.90. The Morgan fingerprint density at radius 1 is 1.48 bits per heavy atom. The lowest BCUT2D eigenvalue weighted by Crippen LogP contribution is -2.33. The summed E-state index contributed by atoms with van der Waals surface area (Å²) in [6.07, 6.45) is 1.55. The predicted octanol–water partition coefficient (Wildman–Crippen LogP) is 1.57. The first kappa shape index (κ1) is 17.3. The van der Waals surface area contributed by atoms with Crippen LogP contribution in [0.25, 0.3) is 0 Å². The third kappa shape index (κ3) is 3.44. The van der Waals surface area contributed by atoms with E-state index < -0.39 is 18.0 Å². The number of aromatic amines is 1. The van der Waals surface area contributed by atoms with E-state index in [0.29, 0.717) is 24.5 Å². The third-order valence-corrected chi connectivity index (χ3v) is 4.84. The van der Waals surface area contributed by atoms with Gasteiger partial charge in [-0.25, -0.2) is 9.18 Å². The van der Waals surface area contributed by atoms with Crippen molar-refractivity contribution >= 4 is 23.4 Å². The van der Waals surface area contributed by atoms with Gasteiger partial charge in [0, 0.05) is 37.7 Å². The molecule has 1 unspecified atom stereocenters. The standard InChI is InChI=1S/C18H20FN5O3/c1-11(25)20-8-14-10-24(18(26)27-14)13-2-3-17(15(19)6-13)23-5-4-16-12(9-23)7-21-22-16/h2-3,6-7,14H,4-5,8-10H2,1H3,(H,20,25)(H,21,22). The maximum absolute atomic E-state index is 14.8. The summed E-state index contributed by atoms with van der Waals surface area (Å²) in [6, 6.07) is 4.75. The van der Waals surface area contributed by atoms with Crippen molar-refractivity contribution in [3.05, 3.63) is 41.5 Å². The second kappa shape index (κ2) is 6.90.